The minimum Gasteiger partial charge on any atom is -0.463 e. The predicted octanol–water partition coefficient (Wildman–Crippen LogP) is 20.8. The predicted molar refractivity (Wildman–Crippen MR) is 390 cm³/mol. The standard InChI is InChI=1S/C77H130O16P2/c1-4-7-10-13-16-19-22-24-26-28-30-31-32-33-34-35-36-37-38-39-41-43-44-46-49-51-54-57-60-63-75(80)87-66-72(78)67-89-94(83,84)90-68-73(79)69-91-95(85,86)92-71-74(93-77(82)65-62-59-56-53-48-21-18-15-12-9-6-3)70-88-76(81)64-61-58-55-52-50-47-45-42-40-29-27-25-23-20-17-14-11-8-5-2/h7-8,10-11,16-17,19-20,24-27,30-31,33-34,36-37,40,42,47,50,72-74,78-79H,4-6,9,12-15,18,21-23,28-29,32,35,38-39,41,43-46,48-49,51-71H2,1-3H3,(H,83,84)(H,85,86)/b10-7-,11-8-,19-16-,20-17-,26-24-,27-25-,31-30-,34-33-,37-36-,42-40-,50-47-. The molecule has 0 amide bonds. The summed E-state index contributed by atoms with van der Waals surface area (Å²) in [6.45, 7) is 2.38. The lowest BCUT2D eigenvalue weighted by Gasteiger charge is -2.21. The molecule has 0 saturated heterocycles. The number of unbranched alkanes of at least 4 members (excludes halogenated alkanes) is 23. The van der Waals surface area contributed by atoms with Crippen LogP contribution in [0.25, 0.3) is 0 Å². The highest BCUT2D eigenvalue weighted by Gasteiger charge is 2.29. The molecule has 95 heavy (non-hydrogen) atoms. The zero-order chi connectivity index (χ0) is 69.5. The number of carbonyl (C=O) groups is 3. The highest BCUT2D eigenvalue weighted by atomic mass is 31.2. The number of carbonyl (C=O) groups excluding carboxylic acids is 3. The minimum atomic E-state index is -4.93. The van der Waals surface area contributed by atoms with Crippen LogP contribution in [-0.4, -0.2) is 95.9 Å². The summed E-state index contributed by atoms with van der Waals surface area (Å²) < 4.78 is 60.9. The lowest BCUT2D eigenvalue weighted by atomic mass is 10.1. The normalized spacial score (nSPS) is 14.9. The number of aliphatic hydroxyl groups is 2. The summed E-state index contributed by atoms with van der Waals surface area (Å²) in [6.07, 6.45) is 82.3. The van der Waals surface area contributed by atoms with Gasteiger partial charge in [0.15, 0.2) is 6.10 Å². The molecule has 0 aromatic heterocycles. The topological polar surface area (TPSA) is 231 Å². The second-order valence-electron chi connectivity index (χ2n) is 24.0. The Balaban J connectivity index is 4.49. The Morgan fingerprint density at radius 2 is 0.558 bits per heavy atom. The molecule has 0 radical (unpaired) electrons. The van der Waals surface area contributed by atoms with Crippen molar-refractivity contribution in [1.82, 2.24) is 0 Å². The number of hydrogen-bond donors (Lipinski definition) is 4. The Labute approximate surface area is 575 Å². The second kappa shape index (κ2) is 69.6. The third-order valence-corrected chi connectivity index (χ3v) is 16.8. The molecule has 0 aliphatic heterocycles. The van der Waals surface area contributed by atoms with Crippen molar-refractivity contribution in [3.05, 3.63) is 134 Å². The Bertz CT molecular complexity index is 2260. The Morgan fingerprint density at radius 1 is 0.305 bits per heavy atom. The van der Waals surface area contributed by atoms with Crippen molar-refractivity contribution in [2.24, 2.45) is 0 Å². The van der Waals surface area contributed by atoms with E-state index in [0.29, 0.717) is 19.3 Å². The van der Waals surface area contributed by atoms with E-state index in [9.17, 15) is 43.5 Å². The summed E-state index contributed by atoms with van der Waals surface area (Å²) in [4.78, 5) is 58.4. The molecule has 544 valence electrons. The van der Waals surface area contributed by atoms with E-state index in [1.807, 2.05) is 0 Å². The Hall–Kier alpha value is -4.31. The van der Waals surface area contributed by atoms with Crippen molar-refractivity contribution in [2.45, 2.75) is 296 Å². The molecule has 0 fully saturated rings. The van der Waals surface area contributed by atoms with Crippen molar-refractivity contribution in [1.29, 1.82) is 0 Å². The van der Waals surface area contributed by atoms with Crippen molar-refractivity contribution in [3.8, 4) is 0 Å². The molecule has 4 N–H and O–H groups in total. The molecular weight excluding hydrogens is 1240 g/mol. The van der Waals surface area contributed by atoms with Crippen LogP contribution in [0, 0.1) is 0 Å². The molecular formula is C77H130O16P2. The third-order valence-electron chi connectivity index (χ3n) is 14.9. The van der Waals surface area contributed by atoms with Crippen molar-refractivity contribution in [3.63, 3.8) is 0 Å². The number of aliphatic hydroxyl groups excluding tert-OH is 2. The molecule has 18 heteroatoms. The fraction of sp³-hybridized carbons (Fsp3) is 0.675. The lowest BCUT2D eigenvalue weighted by Crippen LogP contribution is -2.30. The summed E-state index contributed by atoms with van der Waals surface area (Å²) in [5.74, 6) is -1.62. The quantitative estimate of drug-likeness (QED) is 0.0146. The van der Waals surface area contributed by atoms with Gasteiger partial charge in [-0.05, 0) is 116 Å². The first kappa shape index (κ1) is 90.7. The average molecular weight is 1370 g/mol. The largest absolute Gasteiger partial charge is 0.472 e. The van der Waals surface area contributed by atoms with Crippen LogP contribution in [0.5, 0.6) is 0 Å². The number of ether oxygens (including phenoxy) is 3. The van der Waals surface area contributed by atoms with Crippen molar-refractivity contribution in [2.75, 3.05) is 39.6 Å². The summed E-state index contributed by atoms with van der Waals surface area (Å²) in [5.41, 5.74) is 0. The van der Waals surface area contributed by atoms with Gasteiger partial charge in [-0.25, -0.2) is 9.13 Å². The van der Waals surface area contributed by atoms with Gasteiger partial charge in [0.05, 0.1) is 26.4 Å². The van der Waals surface area contributed by atoms with E-state index in [4.69, 9.17) is 32.3 Å². The van der Waals surface area contributed by atoms with E-state index in [2.05, 4.69) is 154 Å². The molecule has 0 aromatic carbocycles. The fourth-order valence-corrected chi connectivity index (χ4v) is 10.9. The number of hydrogen-bond acceptors (Lipinski definition) is 14. The van der Waals surface area contributed by atoms with Gasteiger partial charge < -0.3 is 34.2 Å². The van der Waals surface area contributed by atoms with Crippen molar-refractivity contribution >= 4 is 33.6 Å². The molecule has 0 bridgehead atoms. The van der Waals surface area contributed by atoms with Crippen LogP contribution in [0.3, 0.4) is 0 Å². The van der Waals surface area contributed by atoms with E-state index < -0.39 is 91.5 Å². The van der Waals surface area contributed by atoms with Gasteiger partial charge >= 0.3 is 33.6 Å². The van der Waals surface area contributed by atoms with Crippen LogP contribution in [0.15, 0.2) is 134 Å². The van der Waals surface area contributed by atoms with Gasteiger partial charge in [-0.15, -0.1) is 0 Å². The second-order valence-corrected chi connectivity index (χ2v) is 26.9. The van der Waals surface area contributed by atoms with Crippen LogP contribution in [-0.2, 0) is 55.8 Å². The van der Waals surface area contributed by atoms with Gasteiger partial charge in [-0.3, -0.25) is 32.5 Å². The van der Waals surface area contributed by atoms with Gasteiger partial charge in [-0.2, -0.15) is 0 Å². The van der Waals surface area contributed by atoms with E-state index >= 15 is 0 Å². The monoisotopic (exact) mass is 1370 g/mol. The van der Waals surface area contributed by atoms with Gasteiger partial charge in [0.2, 0.25) is 0 Å². The van der Waals surface area contributed by atoms with Crippen LogP contribution >= 0.6 is 15.6 Å². The maximum atomic E-state index is 12.9. The summed E-state index contributed by atoms with van der Waals surface area (Å²) in [7, 11) is -9.79. The van der Waals surface area contributed by atoms with Crippen LogP contribution in [0.1, 0.15) is 278 Å². The van der Waals surface area contributed by atoms with E-state index in [-0.39, 0.29) is 19.3 Å². The van der Waals surface area contributed by atoms with Gasteiger partial charge in [-0.1, -0.05) is 276 Å². The molecule has 0 spiro atoms. The summed E-state index contributed by atoms with van der Waals surface area (Å²) in [6, 6.07) is 0. The first-order valence-electron chi connectivity index (χ1n) is 36.5. The molecule has 16 nitrogen and oxygen atoms in total. The molecule has 5 unspecified atom stereocenters. The average Bonchev–Trinajstić information content (AvgIpc) is 2.67. The van der Waals surface area contributed by atoms with Crippen molar-refractivity contribution < 1.29 is 75.8 Å². The van der Waals surface area contributed by atoms with Gasteiger partial charge in [0, 0.05) is 19.3 Å². The highest BCUT2D eigenvalue weighted by molar-refractivity contribution is 7.47. The summed E-state index contributed by atoms with van der Waals surface area (Å²) >= 11 is 0. The van der Waals surface area contributed by atoms with Crippen LogP contribution < -0.4 is 0 Å². The zero-order valence-corrected chi connectivity index (χ0v) is 60.8. The molecule has 5 atom stereocenters. The van der Waals surface area contributed by atoms with E-state index in [1.54, 1.807) is 0 Å². The van der Waals surface area contributed by atoms with Crippen LogP contribution in [0.4, 0.5) is 0 Å². The molecule has 0 heterocycles. The fourth-order valence-electron chi connectivity index (χ4n) is 9.36. The SMILES string of the molecule is CC/C=C\C/C=C\C/C=C\C/C=C\C/C=C\C/C=C\CCCCCCCCCCCCC(=O)OCC(O)COP(=O)(O)OCC(O)COP(=O)(O)OCC(COC(=O)CCCCC/C=C\C/C=C\C/C=C\C/C=C\C/C=C\CC)OC(=O)CCCCCCCCCCCCC. The third kappa shape index (κ3) is 70.8. The number of phosphoric ester groups is 2. The first-order valence-corrected chi connectivity index (χ1v) is 39.5. The smallest absolute Gasteiger partial charge is 0.463 e. The van der Waals surface area contributed by atoms with E-state index in [1.165, 1.54) is 70.6 Å². The highest BCUT2D eigenvalue weighted by Crippen LogP contribution is 2.45. The number of esters is 3. The molecule has 0 aliphatic carbocycles. The maximum absolute atomic E-state index is 12.9. The zero-order valence-electron chi connectivity index (χ0n) is 59.0. The first-order chi connectivity index (χ1) is 46.2. The van der Waals surface area contributed by atoms with E-state index in [0.717, 1.165) is 148 Å². The summed E-state index contributed by atoms with van der Waals surface area (Å²) in [5, 5.41) is 20.6. The van der Waals surface area contributed by atoms with Gasteiger partial charge in [0.1, 0.15) is 25.4 Å². The van der Waals surface area contributed by atoms with Gasteiger partial charge in [0.25, 0.3) is 0 Å². The molecule has 0 aromatic rings. The number of allylic oxidation sites excluding steroid dienone is 22. The lowest BCUT2D eigenvalue weighted by molar-refractivity contribution is -0.161. The Morgan fingerprint density at radius 3 is 0.895 bits per heavy atom. The molecule has 0 aliphatic rings. The number of rotatable bonds is 68. The van der Waals surface area contributed by atoms with Crippen LogP contribution in [0.2, 0.25) is 0 Å². The number of phosphoric acid groups is 2. The molecule has 0 saturated carbocycles. The molecule has 0 rings (SSSR count). The minimum absolute atomic E-state index is 0.0967. The maximum Gasteiger partial charge on any atom is 0.472 e. The Kier molecular flexibility index (Phi) is 66.4.